The van der Waals surface area contributed by atoms with Crippen molar-refractivity contribution in [1.82, 2.24) is 4.90 Å². The van der Waals surface area contributed by atoms with Gasteiger partial charge in [0.15, 0.2) is 0 Å². The molecule has 0 bridgehead atoms. The van der Waals surface area contributed by atoms with Gasteiger partial charge in [-0.25, -0.2) is 4.79 Å². The van der Waals surface area contributed by atoms with Gasteiger partial charge in [0, 0.05) is 26.2 Å². The van der Waals surface area contributed by atoms with Gasteiger partial charge in [-0.3, -0.25) is 0 Å². The van der Waals surface area contributed by atoms with Gasteiger partial charge in [-0.05, 0) is 19.2 Å². The van der Waals surface area contributed by atoms with Crippen LogP contribution in [0.25, 0.3) is 0 Å². The summed E-state index contributed by atoms with van der Waals surface area (Å²) in [6, 6.07) is 2.91. The van der Waals surface area contributed by atoms with Gasteiger partial charge >= 0.3 is 5.97 Å². The number of halogens is 1. The number of benzene rings is 1. The van der Waals surface area contributed by atoms with Crippen LogP contribution in [0.5, 0.6) is 0 Å². The summed E-state index contributed by atoms with van der Waals surface area (Å²) >= 11 is 6.15. The maximum Gasteiger partial charge on any atom is 0.335 e. The average Bonchev–Trinajstić information content (AvgIpc) is 2.30. The van der Waals surface area contributed by atoms with Crippen molar-refractivity contribution in [2.75, 3.05) is 43.9 Å². The van der Waals surface area contributed by atoms with Crippen molar-refractivity contribution in [2.24, 2.45) is 0 Å². The maximum atomic E-state index is 10.9. The van der Waals surface area contributed by atoms with Gasteiger partial charge in [0.05, 0.1) is 22.0 Å². The van der Waals surface area contributed by atoms with Crippen molar-refractivity contribution in [3.05, 3.63) is 22.7 Å². The third-order valence-corrected chi connectivity index (χ3v) is 3.45. The van der Waals surface area contributed by atoms with Crippen LogP contribution in [0.3, 0.4) is 0 Å². The van der Waals surface area contributed by atoms with Gasteiger partial charge < -0.3 is 20.6 Å². The SMILES string of the molecule is CN1CCN(c2c(N)cc(C(=O)O)cc2Cl)CC1. The molecule has 0 aliphatic carbocycles. The molecule has 1 saturated heterocycles. The summed E-state index contributed by atoms with van der Waals surface area (Å²) in [5, 5.41) is 9.34. The molecular formula is C12H16ClN3O2. The molecule has 0 aromatic heterocycles. The summed E-state index contributed by atoms with van der Waals surface area (Å²) in [5.41, 5.74) is 7.21. The number of hydrogen-bond donors (Lipinski definition) is 2. The van der Waals surface area contributed by atoms with Crippen LogP contribution in [0, 0.1) is 0 Å². The van der Waals surface area contributed by atoms with Crippen LogP contribution in [-0.2, 0) is 0 Å². The van der Waals surface area contributed by atoms with E-state index in [-0.39, 0.29) is 5.56 Å². The Kier molecular flexibility index (Phi) is 3.63. The van der Waals surface area contributed by atoms with Crippen LogP contribution >= 0.6 is 11.6 Å². The van der Waals surface area contributed by atoms with Crippen LogP contribution in [0.15, 0.2) is 12.1 Å². The van der Waals surface area contributed by atoms with Gasteiger partial charge in [0.1, 0.15) is 0 Å². The molecule has 0 spiro atoms. The molecule has 3 N–H and O–H groups in total. The number of carboxylic acid groups (broad SMARTS) is 1. The summed E-state index contributed by atoms with van der Waals surface area (Å²) in [5.74, 6) is -1.02. The first-order valence-electron chi connectivity index (χ1n) is 5.75. The molecule has 0 amide bonds. The predicted molar refractivity (Wildman–Crippen MR) is 72.5 cm³/mol. The molecule has 1 aromatic rings. The molecule has 1 aromatic carbocycles. The molecule has 0 radical (unpaired) electrons. The summed E-state index contributed by atoms with van der Waals surface area (Å²) in [7, 11) is 2.07. The van der Waals surface area contributed by atoms with E-state index in [1.54, 1.807) is 0 Å². The molecule has 2 rings (SSSR count). The number of hydrogen-bond acceptors (Lipinski definition) is 4. The van der Waals surface area contributed by atoms with E-state index in [9.17, 15) is 4.79 Å². The predicted octanol–water partition coefficient (Wildman–Crippen LogP) is 1.37. The highest BCUT2D eigenvalue weighted by Crippen LogP contribution is 2.34. The molecule has 6 heteroatoms. The van der Waals surface area contributed by atoms with Crippen LogP contribution < -0.4 is 10.6 Å². The van der Waals surface area contributed by atoms with Crippen LogP contribution in [0.2, 0.25) is 5.02 Å². The summed E-state index contributed by atoms with van der Waals surface area (Å²) in [6.07, 6.45) is 0. The van der Waals surface area contributed by atoms with Crippen molar-refractivity contribution in [2.45, 2.75) is 0 Å². The fourth-order valence-electron chi connectivity index (χ4n) is 2.11. The molecule has 1 fully saturated rings. The smallest absolute Gasteiger partial charge is 0.335 e. The third-order valence-electron chi connectivity index (χ3n) is 3.16. The summed E-state index contributed by atoms with van der Waals surface area (Å²) < 4.78 is 0. The van der Waals surface area contributed by atoms with Crippen LogP contribution in [-0.4, -0.2) is 49.2 Å². The second-order valence-corrected chi connectivity index (χ2v) is 4.90. The lowest BCUT2D eigenvalue weighted by molar-refractivity contribution is 0.0697. The van der Waals surface area contributed by atoms with E-state index in [1.807, 2.05) is 0 Å². The van der Waals surface area contributed by atoms with Gasteiger partial charge in [-0.2, -0.15) is 0 Å². The Morgan fingerprint density at radius 1 is 1.33 bits per heavy atom. The molecule has 1 aliphatic heterocycles. The molecule has 0 atom stereocenters. The zero-order valence-electron chi connectivity index (χ0n) is 10.2. The Bertz CT molecular complexity index is 447. The number of aromatic carboxylic acids is 1. The first-order chi connectivity index (χ1) is 8.49. The maximum absolute atomic E-state index is 10.9. The Hall–Kier alpha value is -1.46. The van der Waals surface area contributed by atoms with Gasteiger partial charge in [0.2, 0.25) is 0 Å². The van der Waals surface area contributed by atoms with E-state index in [0.29, 0.717) is 10.7 Å². The first kappa shape index (κ1) is 13.0. The van der Waals surface area contributed by atoms with Crippen molar-refractivity contribution in [3.63, 3.8) is 0 Å². The number of nitrogens with zero attached hydrogens (tertiary/aromatic N) is 2. The van der Waals surface area contributed by atoms with Gasteiger partial charge in [-0.1, -0.05) is 11.6 Å². The average molecular weight is 270 g/mol. The number of nitrogens with two attached hydrogens (primary N) is 1. The Morgan fingerprint density at radius 3 is 2.44 bits per heavy atom. The molecule has 0 saturated carbocycles. The molecule has 1 heterocycles. The van der Waals surface area contributed by atoms with E-state index in [1.165, 1.54) is 12.1 Å². The second-order valence-electron chi connectivity index (χ2n) is 4.49. The largest absolute Gasteiger partial charge is 0.478 e. The minimum atomic E-state index is -1.02. The second kappa shape index (κ2) is 5.04. The zero-order chi connectivity index (χ0) is 13.3. The normalized spacial score (nSPS) is 16.9. The lowest BCUT2D eigenvalue weighted by atomic mass is 10.1. The number of nitrogen functional groups attached to an aromatic ring is 1. The minimum absolute atomic E-state index is 0.121. The molecule has 1 aliphatic rings. The number of carbonyl (C=O) groups is 1. The topological polar surface area (TPSA) is 69.8 Å². The van der Waals surface area contributed by atoms with E-state index in [0.717, 1.165) is 31.9 Å². The lowest BCUT2D eigenvalue weighted by Gasteiger charge is -2.35. The highest BCUT2D eigenvalue weighted by atomic mass is 35.5. The van der Waals surface area contributed by atoms with Gasteiger partial charge in [0.25, 0.3) is 0 Å². The highest BCUT2D eigenvalue weighted by molar-refractivity contribution is 6.34. The van der Waals surface area contributed by atoms with Crippen LogP contribution in [0.4, 0.5) is 11.4 Å². The number of likely N-dealkylation sites (N-methyl/N-ethyl adjacent to an activating group) is 1. The minimum Gasteiger partial charge on any atom is -0.478 e. The quantitative estimate of drug-likeness (QED) is 0.794. The van der Waals surface area contributed by atoms with Crippen molar-refractivity contribution < 1.29 is 9.90 Å². The standard InChI is InChI=1S/C12H16ClN3O2/c1-15-2-4-16(5-3-15)11-9(13)6-8(12(17)18)7-10(11)14/h6-7H,2-5,14H2,1H3,(H,17,18). The fraction of sp³-hybridized carbons (Fsp3) is 0.417. The Morgan fingerprint density at radius 2 is 1.94 bits per heavy atom. The van der Waals surface area contributed by atoms with Crippen molar-refractivity contribution in [3.8, 4) is 0 Å². The number of anilines is 2. The number of rotatable bonds is 2. The third kappa shape index (κ3) is 2.52. The first-order valence-corrected chi connectivity index (χ1v) is 6.12. The molecule has 98 valence electrons. The van der Waals surface area contributed by atoms with E-state index >= 15 is 0 Å². The molecule has 18 heavy (non-hydrogen) atoms. The Balaban J connectivity index is 2.31. The van der Waals surface area contributed by atoms with E-state index in [4.69, 9.17) is 22.4 Å². The Labute approximate surface area is 111 Å². The zero-order valence-corrected chi connectivity index (χ0v) is 10.9. The van der Waals surface area contributed by atoms with E-state index < -0.39 is 5.97 Å². The number of piperazine rings is 1. The van der Waals surface area contributed by atoms with E-state index in [2.05, 4.69) is 16.8 Å². The highest BCUT2D eigenvalue weighted by Gasteiger charge is 2.20. The van der Waals surface area contributed by atoms with Crippen LogP contribution in [0.1, 0.15) is 10.4 Å². The monoisotopic (exact) mass is 269 g/mol. The lowest BCUT2D eigenvalue weighted by Crippen LogP contribution is -2.44. The van der Waals surface area contributed by atoms with Crippen molar-refractivity contribution >= 4 is 28.9 Å². The molecule has 5 nitrogen and oxygen atoms in total. The number of carboxylic acids is 1. The van der Waals surface area contributed by atoms with Crippen molar-refractivity contribution in [1.29, 1.82) is 0 Å². The molecule has 0 unspecified atom stereocenters. The summed E-state index contributed by atoms with van der Waals surface area (Å²) in [4.78, 5) is 15.2. The van der Waals surface area contributed by atoms with Gasteiger partial charge in [-0.15, -0.1) is 0 Å². The molecular weight excluding hydrogens is 254 g/mol. The summed E-state index contributed by atoms with van der Waals surface area (Å²) in [6.45, 7) is 3.56. The fourth-order valence-corrected chi connectivity index (χ4v) is 2.45.